The van der Waals surface area contributed by atoms with Crippen LogP contribution in [0.4, 0.5) is 10.5 Å². The number of carbonyl (C=O) groups is 1. The van der Waals surface area contributed by atoms with Crippen LogP contribution in [0.3, 0.4) is 0 Å². The normalized spacial score (nSPS) is 23.7. The van der Waals surface area contributed by atoms with Gasteiger partial charge in [0.25, 0.3) is 0 Å². The number of nitrogens with zero attached hydrogens (tertiary/aromatic N) is 3. The molecule has 1 amide bonds. The number of nitrogens with one attached hydrogen (secondary N) is 1. The van der Waals surface area contributed by atoms with Gasteiger partial charge in [-0.1, -0.05) is 37.3 Å². The Kier molecular flexibility index (Phi) is 5.18. The standard InChI is InChI=1S/C25H30N4O2/c1-16-15-26-13-12-20(16)29-22-11-10-21-19(9-8-17(2)28(21)25(30)31)24(22)27-23(29)14-18-6-4-3-5-7-18/h3-7,10-11,16-17,20,26H,8-9,12-15H2,1-2H3,(H,30,31)/t16-,17-,20-/m0/s1. The van der Waals surface area contributed by atoms with Gasteiger partial charge in [0.05, 0.1) is 16.7 Å². The van der Waals surface area contributed by atoms with Crippen LogP contribution in [0.2, 0.25) is 0 Å². The van der Waals surface area contributed by atoms with Crippen molar-refractivity contribution < 1.29 is 9.90 Å². The number of piperidine rings is 1. The molecule has 2 aliphatic rings. The molecule has 0 bridgehead atoms. The highest BCUT2D eigenvalue weighted by atomic mass is 16.4. The summed E-state index contributed by atoms with van der Waals surface area (Å²) in [6, 6.07) is 15.0. The largest absolute Gasteiger partial charge is 0.465 e. The van der Waals surface area contributed by atoms with E-state index in [0.29, 0.717) is 12.0 Å². The number of fused-ring (bicyclic) bond motifs is 3. The number of imidazole rings is 1. The molecule has 2 aliphatic heterocycles. The summed E-state index contributed by atoms with van der Waals surface area (Å²) in [6.07, 6.45) is 2.65. The molecule has 3 aromatic rings. The fourth-order valence-corrected chi connectivity index (χ4v) is 5.39. The van der Waals surface area contributed by atoms with Crippen molar-refractivity contribution in [3.05, 3.63) is 59.4 Å². The van der Waals surface area contributed by atoms with Crippen LogP contribution in [-0.2, 0) is 12.8 Å². The van der Waals surface area contributed by atoms with Crippen molar-refractivity contribution in [2.45, 2.75) is 51.6 Å². The van der Waals surface area contributed by atoms with Gasteiger partial charge < -0.3 is 15.0 Å². The Balaban J connectivity index is 1.69. The molecule has 31 heavy (non-hydrogen) atoms. The summed E-state index contributed by atoms with van der Waals surface area (Å²) in [7, 11) is 0. The Labute approximate surface area is 182 Å². The van der Waals surface area contributed by atoms with Gasteiger partial charge in [0.1, 0.15) is 5.82 Å². The van der Waals surface area contributed by atoms with Crippen molar-refractivity contribution in [2.75, 3.05) is 18.0 Å². The van der Waals surface area contributed by atoms with Gasteiger partial charge in [0.15, 0.2) is 0 Å². The molecule has 5 rings (SSSR count). The van der Waals surface area contributed by atoms with E-state index in [2.05, 4.69) is 47.1 Å². The lowest BCUT2D eigenvalue weighted by Gasteiger charge is -2.34. The van der Waals surface area contributed by atoms with Crippen LogP contribution in [0.5, 0.6) is 0 Å². The van der Waals surface area contributed by atoms with Crippen LogP contribution in [0.1, 0.15) is 49.7 Å². The molecular weight excluding hydrogens is 388 g/mol. The molecule has 1 fully saturated rings. The minimum absolute atomic E-state index is 0.0160. The van der Waals surface area contributed by atoms with Gasteiger partial charge in [-0.3, -0.25) is 4.90 Å². The van der Waals surface area contributed by atoms with E-state index in [9.17, 15) is 9.90 Å². The van der Waals surface area contributed by atoms with Crippen molar-refractivity contribution >= 4 is 22.8 Å². The summed E-state index contributed by atoms with van der Waals surface area (Å²) < 4.78 is 2.46. The first-order valence-electron chi connectivity index (χ1n) is 11.3. The molecule has 0 aliphatic carbocycles. The fourth-order valence-electron chi connectivity index (χ4n) is 5.39. The summed E-state index contributed by atoms with van der Waals surface area (Å²) >= 11 is 0. The van der Waals surface area contributed by atoms with E-state index in [1.807, 2.05) is 19.1 Å². The van der Waals surface area contributed by atoms with E-state index >= 15 is 0 Å². The molecule has 3 atom stereocenters. The van der Waals surface area contributed by atoms with Gasteiger partial charge in [0.2, 0.25) is 0 Å². The van der Waals surface area contributed by atoms with Crippen molar-refractivity contribution in [1.82, 2.24) is 14.9 Å². The molecule has 0 saturated carbocycles. The second kappa shape index (κ2) is 8.00. The predicted octanol–water partition coefficient (Wildman–Crippen LogP) is 4.62. The van der Waals surface area contributed by atoms with Crippen LogP contribution < -0.4 is 10.2 Å². The summed E-state index contributed by atoms with van der Waals surface area (Å²) in [5.74, 6) is 1.58. The third kappa shape index (κ3) is 3.49. The number of amides is 1. The lowest BCUT2D eigenvalue weighted by molar-refractivity contribution is 0.198. The number of aromatic nitrogens is 2. The van der Waals surface area contributed by atoms with Crippen molar-refractivity contribution in [1.29, 1.82) is 0 Å². The van der Waals surface area contributed by atoms with E-state index in [4.69, 9.17) is 4.98 Å². The molecule has 162 valence electrons. The Morgan fingerprint density at radius 2 is 1.97 bits per heavy atom. The number of hydrogen-bond donors (Lipinski definition) is 2. The van der Waals surface area contributed by atoms with Gasteiger partial charge >= 0.3 is 6.09 Å². The maximum atomic E-state index is 12.0. The van der Waals surface area contributed by atoms with Crippen LogP contribution >= 0.6 is 0 Å². The second-order valence-corrected chi connectivity index (χ2v) is 9.07. The number of hydrogen-bond acceptors (Lipinski definition) is 3. The lowest BCUT2D eigenvalue weighted by Crippen LogP contribution is -2.41. The predicted molar refractivity (Wildman–Crippen MR) is 123 cm³/mol. The second-order valence-electron chi connectivity index (χ2n) is 9.07. The van der Waals surface area contributed by atoms with Crippen LogP contribution in [0, 0.1) is 5.92 Å². The SMILES string of the molecule is C[C@H]1CNCC[C@@H]1n1c(Cc2ccccc2)nc2c3c(ccc21)N(C(=O)O)[C@@H](C)CC3. The molecule has 0 spiro atoms. The van der Waals surface area contributed by atoms with Gasteiger partial charge in [-0.15, -0.1) is 0 Å². The Morgan fingerprint density at radius 1 is 1.16 bits per heavy atom. The number of aryl methyl sites for hydroxylation is 1. The Morgan fingerprint density at radius 3 is 2.71 bits per heavy atom. The third-order valence-electron chi connectivity index (χ3n) is 7.01. The summed E-state index contributed by atoms with van der Waals surface area (Å²) in [5, 5.41) is 13.3. The number of rotatable bonds is 3. The minimum Gasteiger partial charge on any atom is -0.465 e. The van der Waals surface area contributed by atoms with Crippen LogP contribution in [0.25, 0.3) is 11.0 Å². The molecule has 6 nitrogen and oxygen atoms in total. The number of benzene rings is 2. The first kappa shape index (κ1) is 20.1. The van der Waals surface area contributed by atoms with Gasteiger partial charge in [0, 0.05) is 24.1 Å². The highest BCUT2D eigenvalue weighted by Crippen LogP contribution is 2.39. The summed E-state index contributed by atoms with van der Waals surface area (Å²) in [4.78, 5) is 18.6. The van der Waals surface area contributed by atoms with Gasteiger partial charge in [-0.25, -0.2) is 9.78 Å². The van der Waals surface area contributed by atoms with Crippen molar-refractivity contribution in [3.8, 4) is 0 Å². The maximum absolute atomic E-state index is 12.0. The topological polar surface area (TPSA) is 70.4 Å². The average molecular weight is 419 g/mol. The zero-order valence-corrected chi connectivity index (χ0v) is 18.2. The van der Waals surface area contributed by atoms with Crippen LogP contribution in [-0.4, -0.2) is 39.9 Å². The summed E-state index contributed by atoms with van der Waals surface area (Å²) in [6.45, 7) is 6.30. The Bertz CT molecular complexity index is 1110. The molecule has 0 unspecified atom stereocenters. The van der Waals surface area contributed by atoms with Gasteiger partial charge in [-0.2, -0.15) is 0 Å². The minimum atomic E-state index is -0.885. The highest BCUT2D eigenvalue weighted by Gasteiger charge is 2.32. The number of carboxylic acid groups (broad SMARTS) is 1. The van der Waals surface area contributed by atoms with Crippen molar-refractivity contribution in [3.63, 3.8) is 0 Å². The lowest BCUT2D eigenvalue weighted by atomic mass is 9.93. The number of anilines is 1. The Hall–Kier alpha value is -2.86. The smallest absolute Gasteiger partial charge is 0.412 e. The molecule has 3 heterocycles. The maximum Gasteiger partial charge on any atom is 0.412 e. The summed E-state index contributed by atoms with van der Waals surface area (Å²) in [5.41, 5.74) is 5.24. The zero-order chi connectivity index (χ0) is 21.5. The molecule has 2 N–H and O–H groups in total. The molecule has 1 aromatic heterocycles. The average Bonchev–Trinajstić information content (AvgIpc) is 3.12. The van der Waals surface area contributed by atoms with E-state index in [-0.39, 0.29) is 6.04 Å². The molecule has 2 aromatic carbocycles. The molecular formula is C25H30N4O2. The fraction of sp³-hybridized carbons (Fsp3) is 0.440. The first-order valence-corrected chi connectivity index (χ1v) is 11.3. The van der Waals surface area contributed by atoms with E-state index in [1.165, 1.54) is 10.5 Å². The molecule has 0 radical (unpaired) electrons. The zero-order valence-electron chi connectivity index (χ0n) is 18.2. The van der Waals surface area contributed by atoms with E-state index in [1.54, 1.807) is 0 Å². The van der Waals surface area contributed by atoms with E-state index < -0.39 is 6.09 Å². The molecule has 1 saturated heterocycles. The monoisotopic (exact) mass is 418 g/mol. The van der Waals surface area contributed by atoms with Crippen molar-refractivity contribution in [2.24, 2.45) is 5.92 Å². The van der Waals surface area contributed by atoms with Gasteiger partial charge in [-0.05, 0) is 62.9 Å². The highest BCUT2D eigenvalue weighted by molar-refractivity contribution is 5.94. The van der Waals surface area contributed by atoms with E-state index in [0.717, 1.165) is 66.9 Å². The quantitative estimate of drug-likeness (QED) is 0.651. The third-order valence-corrected chi connectivity index (χ3v) is 7.01. The first-order chi connectivity index (χ1) is 15.0. The van der Waals surface area contributed by atoms with Crippen LogP contribution in [0.15, 0.2) is 42.5 Å². The molecule has 6 heteroatoms.